The topological polar surface area (TPSA) is 130 Å². The van der Waals surface area contributed by atoms with Crippen molar-refractivity contribution < 1.29 is 19.1 Å². The van der Waals surface area contributed by atoms with Crippen LogP contribution in [0.1, 0.15) is 43.1 Å². The van der Waals surface area contributed by atoms with E-state index in [0.29, 0.717) is 11.3 Å². The zero-order valence-electron chi connectivity index (χ0n) is 15.5. The highest BCUT2D eigenvalue weighted by atomic mass is 16.5. The second-order valence-electron chi connectivity index (χ2n) is 6.91. The van der Waals surface area contributed by atoms with Crippen LogP contribution in [0.15, 0.2) is 29.1 Å². The quantitative estimate of drug-likeness (QED) is 0.683. The molecule has 0 unspecified atom stereocenters. The predicted molar refractivity (Wildman–Crippen MR) is 101 cm³/mol. The summed E-state index contributed by atoms with van der Waals surface area (Å²) in [5.74, 6) is -1.26. The minimum Gasteiger partial charge on any atom is -0.451 e. The van der Waals surface area contributed by atoms with E-state index >= 15 is 0 Å². The number of carbonyl (C=O) groups is 3. The van der Waals surface area contributed by atoms with Crippen LogP contribution in [0.2, 0.25) is 0 Å². The molecule has 0 bridgehead atoms. The van der Waals surface area contributed by atoms with E-state index in [2.05, 4.69) is 27.8 Å². The van der Waals surface area contributed by atoms with Crippen molar-refractivity contribution in [1.29, 1.82) is 0 Å². The summed E-state index contributed by atoms with van der Waals surface area (Å²) >= 11 is 0. The van der Waals surface area contributed by atoms with Crippen molar-refractivity contribution in [2.45, 2.75) is 38.6 Å². The van der Waals surface area contributed by atoms with Gasteiger partial charge in [-0.2, -0.15) is 5.10 Å². The van der Waals surface area contributed by atoms with Crippen LogP contribution in [0.25, 0.3) is 10.8 Å². The third-order valence-electron chi connectivity index (χ3n) is 4.90. The van der Waals surface area contributed by atoms with E-state index in [9.17, 15) is 19.2 Å². The molecule has 9 heteroatoms. The maximum Gasteiger partial charge on any atom is 0.359 e. The summed E-state index contributed by atoms with van der Waals surface area (Å²) in [6, 6.07) is 5.85. The number of hydrogen-bond acceptors (Lipinski definition) is 6. The Hall–Kier alpha value is -3.23. The molecule has 0 saturated heterocycles. The number of fused-ring (bicyclic) bond motifs is 1. The minimum atomic E-state index is -0.871. The van der Waals surface area contributed by atoms with Gasteiger partial charge in [-0.1, -0.05) is 38.0 Å². The van der Waals surface area contributed by atoms with Gasteiger partial charge in [0.25, 0.3) is 11.5 Å². The van der Waals surface area contributed by atoms with Crippen molar-refractivity contribution >= 4 is 28.7 Å². The molecule has 1 fully saturated rings. The van der Waals surface area contributed by atoms with Gasteiger partial charge in [-0.05, 0) is 24.8 Å². The lowest BCUT2D eigenvalue weighted by Gasteiger charge is -2.29. The largest absolute Gasteiger partial charge is 0.451 e. The van der Waals surface area contributed by atoms with Gasteiger partial charge in [0.15, 0.2) is 12.3 Å². The number of benzene rings is 1. The van der Waals surface area contributed by atoms with Gasteiger partial charge in [0.1, 0.15) is 0 Å². The highest BCUT2D eigenvalue weighted by Crippen LogP contribution is 2.23. The monoisotopic (exact) mass is 386 g/mol. The molecule has 28 heavy (non-hydrogen) atoms. The molecule has 2 atom stereocenters. The lowest BCUT2D eigenvalue weighted by atomic mass is 9.86. The summed E-state index contributed by atoms with van der Waals surface area (Å²) < 4.78 is 4.93. The molecule has 9 nitrogen and oxygen atoms in total. The van der Waals surface area contributed by atoms with Crippen molar-refractivity contribution in [2.75, 3.05) is 6.61 Å². The molecule has 0 radical (unpaired) electrons. The van der Waals surface area contributed by atoms with E-state index in [4.69, 9.17) is 4.74 Å². The highest BCUT2D eigenvalue weighted by Gasteiger charge is 2.24. The first kappa shape index (κ1) is 19.5. The van der Waals surface area contributed by atoms with Gasteiger partial charge in [-0.3, -0.25) is 14.9 Å². The van der Waals surface area contributed by atoms with Gasteiger partial charge in [0.2, 0.25) is 0 Å². The molecule has 1 aliphatic rings. The zero-order chi connectivity index (χ0) is 20.1. The molecule has 148 valence electrons. The lowest BCUT2D eigenvalue weighted by molar-refractivity contribution is -0.123. The maximum absolute atomic E-state index is 12.2. The third-order valence-corrected chi connectivity index (χ3v) is 4.90. The molecular weight excluding hydrogens is 364 g/mol. The van der Waals surface area contributed by atoms with Crippen molar-refractivity contribution in [2.24, 2.45) is 5.92 Å². The molecule has 1 saturated carbocycles. The second kappa shape index (κ2) is 8.64. The third kappa shape index (κ3) is 4.54. The van der Waals surface area contributed by atoms with Crippen LogP contribution in [0.4, 0.5) is 4.79 Å². The Morgan fingerprint density at radius 2 is 1.89 bits per heavy atom. The Labute approximate surface area is 160 Å². The lowest BCUT2D eigenvalue weighted by Crippen LogP contribution is -2.48. The number of aromatic amines is 1. The molecule has 3 N–H and O–H groups in total. The van der Waals surface area contributed by atoms with Gasteiger partial charge >= 0.3 is 12.0 Å². The van der Waals surface area contributed by atoms with Crippen LogP contribution < -0.4 is 16.2 Å². The molecule has 0 aliphatic heterocycles. The highest BCUT2D eigenvalue weighted by molar-refractivity contribution is 6.03. The smallest absolute Gasteiger partial charge is 0.359 e. The fourth-order valence-electron chi connectivity index (χ4n) is 3.37. The van der Waals surface area contributed by atoms with E-state index in [-0.39, 0.29) is 17.1 Å². The van der Waals surface area contributed by atoms with Crippen molar-refractivity contribution in [3.05, 3.63) is 40.3 Å². The molecule has 1 aliphatic carbocycles. The molecular formula is C19H22N4O5. The first-order valence-corrected chi connectivity index (χ1v) is 9.20. The fraction of sp³-hybridized carbons (Fsp3) is 0.421. The van der Waals surface area contributed by atoms with Gasteiger partial charge < -0.3 is 10.1 Å². The summed E-state index contributed by atoms with van der Waals surface area (Å²) in [6.45, 7) is 1.43. The number of ether oxygens (including phenoxy) is 1. The number of hydrogen-bond donors (Lipinski definition) is 3. The summed E-state index contributed by atoms with van der Waals surface area (Å²) in [7, 11) is 0. The Balaban J connectivity index is 1.55. The Morgan fingerprint density at radius 1 is 1.18 bits per heavy atom. The standard InChI is InChI=1S/C19H22N4O5/c1-11-6-2-5-9-14(11)20-19(27)21-15(24)10-28-18(26)16-12-7-3-4-8-13(12)17(25)23-22-16/h3-4,7-8,11,14H,2,5-6,9-10H2,1H3,(H,23,25)(H2,20,21,24,27)/t11-,14+/m1/s1. The van der Waals surface area contributed by atoms with E-state index in [1.165, 1.54) is 0 Å². The summed E-state index contributed by atoms with van der Waals surface area (Å²) in [5.41, 5.74) is -0.540. The van der Waals surface area contributed by atoms with E-state index in [0.717, 1.165) is 25.7 Å². The number of esters is 1. The number of urea groups is 1. The van der Waals surface area contributed by atoms with Crippen molar-refractivity contribution in [1.82, 2.24) is 20.8 Å². The number of nitrogens with one attached hydrogen (secondary N) is 3. The zero-order valence-corrected chi connectivity index (χ0v) is 15.5. The normalized spacial score (nSPS) is 19.0. The number of nitrogens with zero attached hydrogens (tertiary/aromatic N) is 1. The maximum atomic E-state index is 12.2. The van der Waals surface area contributed by atoms with E-state index in [1.54, 1.807) is 24.3 Å². The average molecular weight is 386 g/mol. The number of amides is 3. The molecule has 2 aromatic rings. The van der Waals surface area contributed by atoms with Crippen LogP contribution >= 0.6 is 0 Å². The second-order valence-corrected chi connectivity index (χ2v) is 6.91. The van der Waals surface area contributed by atoms with Gasteiger partial charge in [0.05, 0.1) is 5.39 Å². The molecule has 1 aromatic carbocycles. The summed E-state index contributed by atoms with van der Waals surface area (Å²) in [5, 5.41) is 11.5. The predicted octanol–water partition coefficient (Wildman–Crippen LogP) is 1.48. The van der Waals surface area contributed by atoms with Crippen LogP contribution in [-0.4, -0.2) is 40.8 Å². The number of aromatic nitrogens is 2. The molecule has 3 rings (SSSR count). The van der Waals surface area contributed by atoms with Crippen LogP contribution in [0.3, 0.4) is 0 Å². The summed E-state index contributed by atoms with van der Waals surface area (Å²) in [4.78, 5) is 47.8. The fourth-order valence-corrected chi connectivity index (χ4v) is 3.37. The summed E-state index contributed by atoms with van der Waals surface area (Å²) in [6.07, 6.45) is 4.10. The Morgan fingerprint density at radius 3 is 2.64 bits per heavy atom. The van der Waals surface area contributed by atoms with Gasteiger partial charge in [-0.25, -0.2) is 14.7 Å². The Kier molecular flexibility index (Phi) is 6.03. The van der Waals surface area contributed by atoms with Crippen LogP contribution in [-0.2, 0) is 9.53 Å². The first-order chi connectivity index (χ1) is 13.5. The number of imide groups is 1. The van der Waals surface area contributed by atoms with Crippen LogP contribution in [0, 0.1) is 5.92 Å². The van der Waals surface area contributed by atoms with Gasteiger partial charge in [0, 0.05) is 11.4 Å². The first-order valence-electron chi connectivity index (χ1n) is 9.20. The molecule has 3 amide bonds. The van der Waals surface area contributed by atoms with E-state index < -0.39 is 30.1 Å². The average Bonchev–Trinajstić information content (AvgIpc) is 2.68. The van der Waals surface area contributed by atoms with Crippen LogP contribution in [0.5, 0.6) is 0 Å². The minimum absolute atomic E-state index is 0.0285. The van der Waals surface area contributed by atoms with Crippen molar-refractivity contribution in [3.63, 3.8) is 0 Å². The van der Waals surface area contributed by atoms with Gasteiger partial charge in [-0.15, -0.1) is 0 Å². The number of H-pyrrole nitrogens is 1. The van der Waals surface area contributed by atoms with E-state index in [1.807, 2.05) is 0 Å². The number of rotatable bonds is 4. The Bertz CT molecular complexity index is 955. The SMILES string of the molecule is C[C@@H]1CCCC[C@@H]1NC(=O)NC(=O)COC(=O)c1n[nH]c(=O)c2ccccc12. The molecule has 1 aromatic heterocycles. The molecule has 1 heterocycles. The van der Waals surface area contributed by atoms with Crippen molar-refractivity contribution in [3.8, 4) is 0 Å². The molecule has 0 spiro atoms. The number of carbonyl (C=O) groups excluding carboxylic acids is 3.